The molecule has 1 aliphatic rings. The lowest BCUT2D eigenvalue weighted by atomic mass is 10.2. The summed E-state index contributed by atoms with van der Waals surface area (Å²) in [7, 11) is 0. The molecule has 20 heavy (non-hydrogen) atoms. The summed E-state index contributed by atoms with van der Waals surface area (Å²) in [4.78, 5) is 28.4. The van der Waals surface area contributed by atoms with E-state index in [2.05, 4.69) is 4.98 Å². The summed E-state index contributed by atoms with van der Waals surface area (Å²) >= 11 is 1.04. The molecule has 1 aliphatic heterocycles. The van der Waals surface area contributed by atoms with Crippen LogP contribution in [0.1, 0.15) is 28.1 Å². The lowest BCUT2D eigenvalue weighted by Gasteiger charge is -2.11. The number of nitrogens with zero attached hydrogens (tertiary/aromatic N) is 2. The van der Waals surface area contributed by atoms with Gasteiger partial charge in [-0.2, -0.15) is 0 Å². The third kappa shape index (κ3) is 2.12. The highest BCUT2D eigenvalue weighted by molar-refractivity contribution is 7.20. The van der Waals surface area contributed by atoms with E-state index in [-0.39, 0.29) is 16.5 Å². The highest BCUT2D eigenvalue weighted by Crippen LogP contribution is 2.26. The summed E-state index contributed by atoms with van der Waals surface area (Å²) in [5.74, 6) is -1.02. The van der Waals surface area contributed by atoms with E-state index in [1.54, 1.807) is 6.92 Å². The van der Waals surface area contributed by atoms with Crippen LogP contribution in [-0.4, -0.2) is 33.3 Å². The first-order chi connectivity index (χ1) is 9.58. The number of carbonyl (C=O) groups is 1. The zero-order valence-electron chi connectivity index (χ0n) is 11.0. The number of fused-ring (bicyclic) bond motifs is 1. The van der Waals surface area contributed by atoms with Gasteiger partial charge in [0.1, 0.15) is 9.71 Å². The molecule has 1 fully saturated rings. The van der Waals surface area contributed by atoms with Crippen LogP contribution in [0, 0.1) is 6.92 Å². The fourth-order valence-electron chi connectivity index (χ4n) is 2.50. The van der Waals surface area contributed by atoms with E-state index in [9.17, 15) is 9.59 Å². The van der Waals surface area contributed by atoms with Crippen LogP contribution < -0.4 is 5.56 Å². The Morgan fingerprint density at radius 1 is 1.65 bits per heavy atom. The number of aryl methyl sites for hydroxylation is 1. The molecule has 3 rings (SSSR count). The predicted molar refractivity (Wildman–Crippen MR) is 74.6 cm³/mol. The monoisotopic (exact) mass is 294 g/mol. The summed E-state index contributed by atoms with van der Waals surface area (Å²) in [6.07, 6.45) is 3.47. The quantitative estimate of drug-likeness (QED) is 0.930. The lowest BCUT2D eigenvalue weighted by Crippen LogP contribution is -2.26. The van der Waals surface area contributed by atoms with Crippen molar-refractivity contribution in [3.8, 4) is 0 Å². The third-order valence-corrected chi connectivity index (χ3v) is 4.72. The second-order valence-corrected chi connectivity index (χ2v) is 5.88. The minimum absolute atomic E-state index is 0.0461. The Morgan fingerprint density at radius 2 is 2.45 bits per heavy atom. The van der Waals surface area contributed by atoms with Crippen LogP contribution in [0.4, 0.5) is 0 Å². The Balaban J connectivity index is 2.07. The molecule has 0 amide bonds. The zero-order chi connectivity index (χ0) is 14.3. The van der Waals surface area contributed by atoms with Crippen LogP contribution in [0.5, 0.6) is 0 Å². The van der Waals surface area contributed by atoms with E-state index >= 15 is 0 Å². The topological polar surface area (TPSA) is 81.4 Å². The van der Waals surface area contributed by atoms with Crippen LogP contribution in [0.2, 0.25) is 0 Å². The number of carboxylic acids is 1. The molecule has 2 aromatic heterocycles. The number of ether oxygens (including phenoxy) is 1. The predicted octanol–water partition coefficient (Wildman–Crippen LogP) is 1.64. The molecule has 6 nitrogen and oxygen atoms in total. The molecule has 106 valence electrons. The van der Waals surface area contributed by atoms with Crippen molar-refractivity contribution in [3.05, 3.63) is 27.1 Å². The molecule has 7 heteroatoms. The summed E-state index contributed by atoms with van der Waals surface area (Å²) < 4.78 is 7.04. The van der Waals surface area contributed by atoms with E-state index in [0.29, 0.717) is 22.3 Å². The van der Waals surface area contributed by atoms with Crippen molar-refractivity contribution in [2.24, 2.45) is 0 Å². The van der Waals surface area contributed by atoms with Gasteiger partial charge in [-0.3, -0.25) is 9.36 Å². The molecular weight excluding hydrogens is 280 g/mol. The Morgan fingerprint density at radius 3 is 3.10 bits per heavy atom. The number of aromatic nitrogens is 2. The van der Waals surface area contributed by atoms with Gasteiger partial charge < -0.3 is 9.84 Å². The Bertz CT molecular complexity index is 728. The average molecular weight is 294 g/mol. The van der Waals surface area contributed by atoms with Crippen molar-refractivity contribution in [2.45, 2.75) is 32.4 Å². The molecule has 1 N–H and O–H groups in total. The Kier molecular flexibility index (Phi) is 3.31. The molecule has 0 aromatic carbocycles. The van der Waals surface area contributed by atoms with Crippen molar-refractivity contribution in [2.75, 3.05) is 6.61 Å². The Labute approximate surface area is 118 Å². The second-order valence-electron chi connectivity index (χ2n) is 4.88. The van der Waals surface area contributed by atoms with E-state index in [4.69, 9.17) is 9.84 Å². The molecule has 0 radical (unpaired) electrons. The SMILES string of the molecule is Cc1c(C(=O)O)sc2ncn(CC3CCCO3)c(=O)c12. The first-order valence-corrected chi connectivity index (χ1v) is 7.23. The summed E-state index contributed by atoms with van der Waals surface area (Å²) in [6.45, 7) is 2.86. The van der Waals surface area contributed by atoms with Crippen molar-refractivity contribution in [3.63, 3.8) is 0 Å². The highest BCUT2D eigenvalue weighted by Gasteiger charge is 2.21. The Hall–Kier alpha value is -1.73. The van der Waals surface area contributed by atoms with E-state index < -0.39 is 5.97 Å². The maximum atomic E-state index is 12.5. The number of hydrogen-bond acceptors (Lipinski definition) is 5. The van der Waals surface area contributed by atoms with Crippen molar-refractivity contribution in [1.82, 2.24) is 9.55 Å². The van der Waals surface area contributed by atoms with Crippen LogP contribution in [-0.2, 0) is 11.3 Å². The maximum Gasteiger partial charge on any atom is 0.346 e. The first kappa shape index (κ1) is 13.3. The molecule has 1 saturated heterocycles. The van der Waals surface area contributed by atoms with Crippen molar-refractivity contribution in [1.29, 1.82) is 0 Å². The minimum atomic E-state index is -1.02. The van der Waals surface area contributed by atoms with E-state index in [1.807, 2.05) is 0 Å². The van der Waals surface area contributed by atoms with E-state index in [0.717, 1.165) is 30.8 Å². The van der Waals surface area contributed by atoms with Gasteiger partial charge in [0, 0.05) is 6.61 Å². The number of aromatic carboxylic acids is 1. The zero-order valence-corrected chi connectivity index (χ0v) is 11.8. The van der Waals surface area contributed by atoms with Gasteiger partial charge in [-0.05, 0) is 25.3 Å². The standard InChI is InChI=1S/C13H14N2O4S/c1-7-9-11(20-10(7)13(17)18)14-6-15(12(9)16)5-8-3-2-4-19-8/h6,8H,2-5H2,1H3,(H,17,18). The minimum Gasteiger partial charge on any atom is -0.477 e. The van der Waals surface area contributed by atoms with Gasteiger partial charge in [-0.1, -0.05) is 0 Å². The number of thiophene rings is 1. The van der Waals surface area contributed by atoms with Gasteiger partial charge in [0.25, 0.3) is 5.56 Å². The summed E-state index contributed by atoms with van der Waals surface area (Å²) in [6, 6.07) is 0. The normalized spacial score (nSPS) is 18.8. The summed E-state index contributed by atoms with van der Waals surface area (Å²) in [5.41, 5.74) is 0.309. The fourth-order valence-corrected chi connectivity index (χ4v) is 3.48. The smallest absolute Gasteiger partial charge is 0.346 e. The van der Waals surface area contributed by atoms with Gasteiger partial charge in [-0.15, -0.1) is 11.3 Å². The first-order valence-electron chi connectivity index (χ1n) is 6.41. The fraction of sp³-hybridized carbons (Fsp3) is 0.462. The summed E-state index contributed by atoms with van der Waals surface area (Å²) in [5, 5.41) is 9.52. The van der Waals surface area contributed by atoms with Gasteiger partial charge in [0.15, 0.2) is 0 Å². The molecular formula is C13H14N2O4S. The van der Waals surface area contributed by atoms with Gasteiger partial charge >= 0.3 is 5.97 Å². The second kappa shape index (κ2) is 4.99. The van der Waals surface area contributed by atoms with Gasteiger partial charge in [-0.25, -0.2) is 9.78 Å². The highest BCUT2D eigenvalue weighted by atomic mass is 32.1. The number of carboxylic acid groups (broad SMARTS) is 1. The molecule has 0 bridgehead atoms. The average Bonchev–Trinajstić information content (AvgIpc) is 3.01. The van der Waals surface area contributed by atoms with Gasteiger partial charge in [0.2, 0.25) is 0 Å². The molecule has 0 saturated carbocycles. The van der Waals surface area contributed by atoms with Crippen LogP contribution >= 0.6 is 11.3 Å². The largest absolute Gasteiger partial charge is 0.477 e. The molecule has 0 spiro atoms. The molecule has 1 unspecified atom stereocenters. The number of rotatable bonds is 3. The molecule has 3 heterocycles. The molecule has 0 aliphatic carbocycles. The van der Waals surface area contributed by atoms with Crippen molar-refractivity contribution >= 4 is 27.5 Å². The third-order valence-electron chi connectivity index (χ3n) is 3.54. The lowest BCUT2D eigenvalue weighted by molar-refractivity contribution is 0.0701. The number of hydrogen-bond donors (Lipinski definition) is 1. The van der Waals surface area contributed by atoms with Crippen molar-refractivity contribution < 1.29 is 14.6 Å². The van der Waals surface area contributed by atoms with Crippen LogP contribution in [0.25, 0.3) is 10.2 Å². The molecule has 2 aromatic rings. The molecule has 1 atom stereocenters. The van der Waals surface area contributed by atoms with E-state index in [1.165, 1.54) is 10.9 Å². The van der Waals surface area contributed by atoms with Crippen LogP contribution in [0.3, 0.4) is 0 Å². The van der Waals surface area contributed by atoms with Crippen LogP contribution in [0.15, 0.2) is 11.1 Å². The maximum absolute atomic E-state index is 12.5. The van der Waals surface area contributed by atoms with Gasteiger partial charge in [0.05, 0.1) is 24.4 Å².